The minimum absolute atomic E-state index is 0.0358. The molecule has 29 heavy (non-hydrogen) atoms. The SMILES string of the molecule is C\C1=C/C=C(NC2=CCC=C(CC(C)(C)C)C=C2)\C=C\C(C)(C)c2ccccc21. The Labute approximate surface area is 177 Å². The maximum atomic E-state index is 3.63. The smallest absolute Gasteiger partial charge is 0.0381 e. The standard InChI is InChI=1S/C28H35N/c1-21-14-16-24(18-19-28(5,6)26-13-8-7-12-25(21)26)29-23-11-9-10-22(15-17-23)20-27(2,3)4/h7-8,10-19,29H,9,20H2,1-6H3/b19-18+,21-14+,24-16+. The molecular formula is C28H35N. The van der Waals surface area contributed by atoms with Gasteiger partial charge in [0.25, 0.3) is 0 Å². The summed E-state index contributed by atoms with van der Waals surface area (Å²) in [6.07, 6.45) is 20.1. The van der Waals surface area contributed by atoms with Gasteiger partial charge in [0.15, 0.2) is 0 Å². The van der Waals surface area contributed by atoms with E-state index in [2.05, 4.69) is 120 Å². The molecule has 1 aromatic carbocycles. The largest absolute Gasteiger partial charge is 0.356 e. The Morgan fingerprint density at radius 2 is 1.69 bits per heavy atom. The van der Waals surface area contributed by atoms with Crippen molar-refractivity contribution in [1.82, 2.24) is 5.32 Å². The monoisotopic (exact) mass is 385 g/mol. The first kappa shape index (κ1) is 21.2. The quantitative estimate of drug-likeness (QED) is 0.564. The molecule has 0 fully saturated rings. The van der Waals surface area contributed by atoms with E-state index in [1.807, 2.05) is 0 Å². The zero-order valence-corrected chi connectivity index (χ0v) is 18.8. The molecule has 0 unspecified atom stereocenters. The topological polar surface area (TPSA) is 12.0 Å². The molecule has 1 nitrogen and oxygen atoms in total. The molecular weight excluding hydrogens is 350 g/mol. The summed E-state index contributed by atoms with van der Waals surface area (Å²) in [7, 11) is 0. The second-order valence-corrected chi connectivity index (χ2v) is 9.94. The van der Waals surface area contributed by atoms with E-state index in [1.165, 1.54) is 22.3 Å². The molecule has 0 amide bonds. The van der Waals surface area contributed by atoms with Crippen molar-refractivity contribution < 1.29 is 0 Å². The predicted molar refractivity (Wildman–Crippen MR) is 127 cm³/mol. The molecule has 0 saturated carbocycles. The van der Waals surface area contributed by atoms with Crippen molar-refractivity contribution in [1.29, 1.82) is 0 Å². The van der Waals surface area contributed by atoms with Crippen molar-refractivity contribution in [2.24, 2.45) is 5.41 Å². The molecule has 0 aliphatic heterocycles. The van der Waals surface area contributed by atoms with Gasteiger partial charge in [0.1, 0.15) is 0 Å². The van der Waals surface area contributed by atoms with Crippen molar-refractivity contribution in [3.63, 3.8) is 0 Å². The molecule has 0 radical (unpaired) electrons. The molecule has 0 saturated heterocycles. The highest BCUT2D eigenvalue weighted by molar-refractivity contribution is 5.70. The third-order valence-corrected chi connectivity index (χ3v) is 5.46. The molecule has 0 heterocycles. The van der Waals surface area contributed by atoms with E-state index in [1.54, 1.807) is 0 Å². The Morgan fingerprint density at radius 3 is 2.45 bits per heavy atom. The Morgan fingerprint density at radius 1 is 0.931 bits per heavy atom. The van der Waals surface area contributed by atoms with Gasteiger partial charge in [-0.1, -0.05) is 94.8 Å². The molecule has 152 valence electrons. The summed E-state index contributed by atoms with van der Waals surface area (Å²) in [5.41, 5.74) is 7.93. The molecule has 2 aliphatic carbocycles. The average Bonchev–Trinajstić information content (AvgIpc) is 2.84. The van der Waals surface area contributed by atoms with Crippen LogP contribution < -0.4 is 5.32 Å². The Kier molecular flexibility index (Phi) is 6.17. The van der Waals surface area contributed by atoms with Crippen LogP contribution in [0.5, 0.6) is 0 Å². The van der Waals surface area contributed by atoms with Crippen molar-refractivity contribution >= 4 is 5.57 Å². The predicted octanol–water partition coefficient (Wildman–Crippen LogP) is 7.62. The van der Waals surface area contributed by atoms with Gasteiger partial charge < -0.3 is 5.32 Å². The highest BCUT2D eigenvalue weighted by atomic mass is 14.9. The fraction of sp³-hybridized carbons (Fsp3) is 0.357. The summed E-state index contributed by atoms with van der Waals surface area (Å²) in [4.78, 5) is 0. The van der Waals surface area contributed by atoms with E-state index in [0.717, 1.165) is 24.2 Å². The van der Waals surface area contributed by atoms with Gasteiger partial charge in [-0.2, -0.15) is 0 Å². The minimum atomic E-state index is -0.0358. The van der Waals surface area contributed by atoms with Gasteiger partial charge in [0, 0.05) is 16.8 Å². The number of hydrogen-bond donors (Lipinski definition) is 1. The second kappa shape index (κ2) is 8.45. The number of benzene rings is 1. The lowest BCUT2D eigenvalue weighted by Crippen LogP contribution is -2.16. The third-order valence-electron chi connectivity index (χ3n) is 5.46. The first-order chi connectivity index (χ1) is 13.6. The first-order valence-corrected chi connectivity index (χ1v) is 10.7. The number of hydrogen-bond acceptors (Lipinski definition) is 1. The summed E-state index contributed by atoms with van der Waals surface area (Å²) in [5, 5.41) is 3.63. The van der Waals surface area contributed by atoms with Crippen LogP contribution in [0.25, 0.3) is 5.57 Å². The Bertz CT molecular complexity index is 937. The highest BCUT2D eigenvalue weighted by Crippen LogP contribution is 2.33. The van der Waals surface area contributed by atoms with Gasteiger partial charge in [-0.05, 0) is 60.1 Å². The highest BCUT2D eigenvalue weighted by Gasteiger charge is 2.21. The fourth-order valence-corrected chi connectivity index (χ4v) is 3.89. The maximum Gasteiger partial charge on any atom is 0.0381 e. The summed E-state index contributed by atoms with van der Waals surface area (Å²) in [6.45, 7) is 13.6. The normalized spacial score (nSPS) is 23.5. The molecule has 0 bridgehead atoms. The van der Waals surface area contributed by atoms with Crippen LogP contribution >= 0.6 is 0 Å². The van der Waals surface area contributed by atoms with Crippen LogP contribution in [0.4, 0.5) is 0 Å². The van der Waals surface area contributed by atoms with Crippen LogP contribution in [0.15, 0.2) is 89.8 Å². The van der Waals surface area contributed by atoms with Crippen molar-refractivity contribution in [2.75, 3.05) is 0 Å². The molecule has 2 aliphatic rings. The van der Waals surface area contributed by atoms with Crippen LogP contribution in [0.3, 0.4) is 0 Å². The molecule has 0 spiro atoms. The van der Waals surface area contributed by atoms with E-state index in [9.17, 15) is 0 Å². The lowest BCUT2D eigenvalue weighted by Gasteiger charge is -2.24. The molecule has 1 aromatic rings. The zero-order valence-electron chi connectivity index (χ0n) is 18.8. The van der Waals surface area contributed by atoms with Gasteiger partial charge >= 0.3 is 0 Å². The Balaban J connectivity index is 1.83. The average molecular weight is 386 g/mol. The van der Waals surface area contributed by atoms with Crippen molar-refractivity contribution in [3.05, 3.63) is 101 Å². The summed E-state index contributed by atoms with van der Waals surface area (Å²) in [5.74, 6) is 0. The van der Waals surface area contributed by atoms with Crippen LogP contribution in [-0.4, -0.2) is 0 Å². The number of rotatable bonds is 3. The van der Waals surface area contributed by atoms with Crippen LogP contribution in [0.1, 0.15) is 65.5 Å². The first-order valence-electron chi connectivity index (χ1n) is 10.7. The number of nitrogens with one attached hydrogen (secondary N) is 1. The van der Waals surface area contributed by atoms with E-state index in [4.69, 9.17) is 0 Å². The van der Waals surface area contributed by atoms with E-state index in [-0.39, 0.29) is 5.41 Å². The number of fused-ring (bicyclic) bond motifs is 1. The maximum absolute atomic E-state index is 3.63. The second-order valence-electron chi connectivity index (χ2n) is 9.94. The van der Waals surface area contributed by atoms with Gasteiger partial charge in [-0.3, -0.25) is 0 Å². The van der Waals surface area contributed by atoms with Crippen molar-refractivity contribution in [3.8, 4) is 0 Å². The lowest BCUT2D eigenvalue weighted by molar-refractivity contribution is 0.413. The number of allylic oxidation sites excluding steroid dienone is 10. The minimum Gasteiger partial charge on any atom is -0.356 e. The summed E-state index contributed by atoms with van der Waals surface area (Å²) in [6, 6.07) is 8.73. The molecule has 0 aromatic heterocycles. The van der Waals surface area contributed by atoms with Crippen LogP contribution in [0, 0.1) is 5.41 Å². The summed E-state index contributed by atoms with van der Waals surface area (Å²) >= 11 is 0. The van der Waals surface area contributed by atoms with Gasteiger partial charge in [0.05, 0.1) is 0 Å². The third kappa shape index (κ3) is 5.73. The molecule has 3 rings (SSSR count). The van der Waals surface area contributed by atoms with Crippen LogP contribution in [-0.2, 0) is 5.41 Å². The van der Waals surface area contributed by atoms with Crippen molar-refractivity contribution in [2.45, 2.75) is 59.8 Å². The Hall–Kier alpha value is -2.54. The van der Waals surface area contributed by atoms with E-state index >= 15 is 0 Å². The van der Waals surface area contributed by atoms with Gasteiger partial charge in [-0.15, -0.1) is 0 Å². The molecule has 1 heteroatoms. The zero-order chi connectivity index (χ0) is 21.1. The fourth-order valence-electron chi connectivity index (χ4n) is 3.89. The summed E-state index contributed by atoms with van der Waals surface area (Å²) < 4.78 is 0. The van der Waals surface area contributed by atoms with Gasteiger partial charge in [0.2, 0.25) is 0 Å². The van der Waals surface area contributed by atoms with Gasteiger partial charge in [-0.25, -0.2) is 0 Å². The van der Waals surface area contributed by atoms with Crippen LogP contribution in [0.2, 0.25) is 0 Å². The van der Waals surface area contributed by atoms with E-state index < -0.39 is 0 Å². The lowest BCUT2D eigenvalue weighted by atomic mass is 9.80. The molecule has 0 atom stereocenters. The van der Waals surface area contributed by atoms with E-state index in [0.29, 0.717) is 5.41 Å². The molecule has 1 N–H and O–H groups in total.